The van der Waals surface area contributed by atoms with Gasteiger partial charge in [0.2, 0.25) is 0 Å². The molecule has 0 amide bonds. The molecule has 22 heavy (non-hydrogen) atoms. The number of fused-ring (bicyclic) bond motifs is 1. The monoisotopic (exact) mass is 312 g/mol. The number of hydrogen-bond donors (Lipinski definition) is 1. The van der Waals surface area contributed by atoms with Crippen molar-refractivity contribution >= 4 is 40.5 Å². The topological polar surface area (TPSA) is 103 Å². The van der Waals surface area contributed by atoms with Gasteiger partial charge in [-0.1, -0.05) is 12.1 Å². The van der Waals surface area contributed by atoms with Gasteiger partial charge in [0.15, 0.2) is 17.2 Å². The van der Waals surface area contributed by atoms with Crippen LogP contribution in [0.4, 0.5) is 0 Å². The van der Waals surface area contributed by atoms with Crippen LogP contribution in [0.5, 0.6) is 5.75 Å². The molecule has 0 unspecified atom stereocenters. The van der Waals surface area contributed by atoms with Crippen LogP contribution in [0, 0.1) is 0 Å². The van der Waals surface area contributed by atoms with Crippen LogP contribution in [0.25, 0.3) is 22.4 Å². The van der Waals surface area contributed by atoms with E-state index < -0.39 is 5.63 Å². The van der Waals surface area contributed by atoms with E-state index in [0.29, 0.717) is 24.5 Å². The maximum atomic E-state index is 12.1. The van der Waals surface area contributed by atoms with Crippen molar-refractivity contribution in [2.45, 2.75) is 0 Å². The van der Waals surface area contributed by atoms with Crippen LogP contribution in [-0.2, 0) is 4.74 Å². The first-order valence-electron chi connectivity index (χ1n) is 6.22. The van der Waals surface area contributed by atoms with Gasteiger partial charge in [0.25, 0.3) is 0 Å². The molecule has 2 aromatic heterocycles. The van der Waals surface area contributed by atoms with E-state index in [2.05, 4.69) is 20.6 Å². The Kier molecular flexibility index (Phi) is 5.67. The summed E-state index contributed by atoms with van der Waals surface area (Å²) in [5.74, 6) is 0.750. The van der Waals surface area contributed by atoms with Crippen molar-refractivity contribution in [3.8, 4) is 17.1 Å². The summed E-state index contributed by atoms with van der Waals surface area (Å²) in [6.45, 7) is 0.815. The minimum atomic E-state index is -0.538. The summed E-state index contributed by atoms with van der Waals surface area (Å²) < 4.78 is 15.8. The second-order valence-electron chi connectivity index (χ2n) is 4.21. The first kappa shape index (κ1) is 16.6. The number of tetrazole rings is 1. The summed E-state index contributed by atoms with van der Waals surface area (Å²) in [4.78, 5) is 12.1. The molecule has 0 aliphatic heterocycles. The molecule has 2 heterocycles. The molecule has 1 N–H and O–H groups in total. The zero-order valence-electron chi connectivity index (χ0n) is 11.2. The number of para-hydroxylation sites is 1. The number of benzene rings is 1. The van der Waals surface area contributed by atoms with E-state index in [0.717, 1.165) is 5.39 Å². The van der Waals surface area contributed by atoms with E-state index in [-0.39, 0.29) is 40.9 Å². The SMILES string of the molecule is COCCOc1cccc2cc(-c3nnn[nH]3)c(=O)oc12.[NaH]. The summed E-state index contributed by atoms with van der Waals surface area (Å²) in [6.07, 6.45) is 0. The molecule has 0 spiro atoms. The van der Waals surface area contributed by atoms with Gasteiger partial charge in [-0.2, -0.15) is 0 Å². The van der Waals surface area contributed by atoms with E-state index in [1.165, 1.54) is 0 Å². The summed E-state index contributed by atoms with van der Waals surface area (Å²) in [5, 5.41) is 13.9. The Labute approximate surface area is 147 Å². The van der Waals surface area contributed by atoms with Gasteiger partial charge in [-0.15, -0.1) is 5.10 Å². The van der Waals surface area contributed by atoms with Crippen LogP contribution in [0.2, 0.25) is 0 Å². The van der Waals surface area contributed by atoms with Crippen LogP contribution in [0.3, 0.4) is 0 Å². The summed E-state index contributed by atoms with van der Waals surface area (Å²) in [6, 6.07) is 7.02. The molecular formula is C13H13N4NaO4. The van der Waals surface area contributed by atoms with Crippen molar-refractivity contribution in [1.82, 2.24) is 20.6 Å². The third-order valence-corrected chi connectivity index (χ3v) is 2.87. The Balaban J connectivity index is 0.00000176. The molecular weight excluding hydrogens is 299 g/mol. The van der Waals surface area contributed by atoms with Crippen LogP contribution < -0.4 is 10.4 Å². The predicted octanol–water partition coefficient (Wildman–Crippen LogP) is 0.350. The van der Waals surface area contributed by atoms with Crippen molar-refractivity contribution in [3.63, 3.8) is 0 Å². The number of aromatic nitrogens is 4. The fourth-order valence-corrected chi connectivity index (χ4v) is 1.90. The summed E-state index contributed by atoms with van der Waals surface area (Å²) in [5.41, 5.74) is 0.111. The minimum absolute atomic E-state index is 0. The molecule has 0 radical (unpaired) electrons. The van der Waals surface area contributed by atoms with Gasteiger partial charge in [0.05, 0.1) is 6.61 Å². The Morgan fingerprint density at radius 3 is 2.91 bits per heavy atom. The van der Waals surface area contributed by atoms with Gasteiger partial charge < -0.3 is 13.9 Å². The number of hydrogen-bond acceptors (Lipinski definition) is 7. The number of ether oxygens (including phenoxy) is 2. The summed E-state index contributed by atoms with van der Waals surface area (Å²) >= 11 is 0. The number of rotatable bonds is 5. The first-order chi connectivity index (χ1) is 10.3. The second-order valence-corrected chi connectivity index (χ2v) is 4.21. The molecule has 0 saturated carbocycles. The number of methoxy groups -OCH3 is 1. The molecule has 3 rings (SSSR count). The van der Waals surface area contributed by atoms with Crippen LogP contribution in [-0.4, -0.2) is 70.5 Å². The molecule has 1 aromatic carbocycles. The number of nitrogens with zero attached hydrogens (tertiary/aromatic N) is 3. The van der Waals surface area contributed by atoms with Gasteiger partial charge >= 0.3 is 35.2 Å². The maximum absolute atomic E-state index is 12.1. The van der Waals surface area contributed by atoms with E-state index in [4.69, 9.17) is 13.9 Å². The fourth-order valence-electron chi connectivity index (χ4n) is 1.90. The third-order valence-electron chi connectivity index (χ3n) is 2.87. The average molecular weight is 312 g/mol. The van der Waals surface area contributed by atoms with Crippen LogP contribution in [0.15, 0.2) is 33.5 Å². The third kappa shape index (κ3) is 3.36. The standard InChI is InChI=1S/C13H12N4O4.Na.H/c1-19-5-6-20-10-4-2-3-8-7-9(12-14-16-17-15-12)13(18)21-11(8)10;;/h2-4,7H,5-6H2,1H3,(H,14,15,16,17);;. The summed E-state index contributed by atoms with van der Waals surface area (Å²) in [7, 11) is 1.59. The fraction of sp³-hybridized carbons (Fsp3) is 0.231. The molecule has 0 aliphatic rings. The molecule has 0 atom stereocenters. The van der Waals surface area contributed by atoms with Crippen LogP contribution >= 0.6 is 0 Å². The van der Waals surface area contributed by atoms with E-state index in [9.17, 15) is 4.79 Å². The average Bonchev–Trinajstić information content (AvgIpc) is 3.01. The van der Waals surface area contributed by atoms with E-state index in [1.54, 1.807) is 19.2 Å². The van der Waals surface area contributed by atoms with Gasteiger partial charge in [0.1, 0.15) is 12.2 Å². The van der Waals surface area contributed by atoms with Crippen molar-refractivity contribution in [2.75, 3.05) is 20.3 Å². The Bertz CT molecular complexity index is 803. The number of nitrogens with one attached hydrogen (secondary N) is 1. The van der Waals surface area contributed by atoms with Gasteiger partial charge in [-0.05, 0) is 22.6 Å². The van der Waals surface area contributed by atoms with Gasteiger partial charge in [-0.3, -0.25) is 0 Å². The van der Waals surface area contributed by atoms with Crippen molar-refractivity contribution in [1.29, 1.82) is 0 Å². The molecule has 3 aromatic rings. The van der Waals surface area contributed by atoms with Gasteiger partial charge in [0, 0.05) is 12.5 Å². The molecule has 9 heteroatoms. The predicted molar refractivity (Wildman–Crippen MR) is 80.2 cm³/mol. The van der Waals surface area contributed by atoms with Crippen LogP contribution in [0.1, 0.15) is 0 Å². The first-order valence-corrected chi connectivity index (χ1v) is 6.22. The molecule has 0 aliphatic carbocycles. The number of aromatic amines is 1. The Morgan fingerprint density at radius 2 is 2.18 bits per heavy atom. The molecule has 0 fully saturated rings. The Morgan fingerprint density at radius 1 is 1.32 bits per heavy atom. The molecule has 0 bridgehead atoms. The van der Waals surface area contributed by atoms with Crippen molar-refractivity contribution in [3.05, 3.63) is 34.7 Å². The molecule has 110 valence electrons. The quantitative estimate of drug-likeness (QED) is 0.412. The van der Waals surface area contributed by atoms with Crippen molar-refractivity contribution in [2.24, 2.45) is 0 Å². The normalized spacial score (nSPS) is 10.4. The van der Waals surface area contributed by atoms with E-state index >= 15 is 0 Å². The van der Waals surface area contributed by atoms with Gasteiger partial charge in [-0.25, -0.2) is 9.89 Å². The zero-order valence-corrected chi connectivity index (χ0v) is 11.2. The van der Waals surface area contributed by atoms with E-state index in [1.807, 2.05) is 12.1 Å². The zero-order chi connectivity index (χ0) is 14.7. The second kappa shape index (κ2) is 7.50. The molecule has 8 nitrogen and oxygen atoms in total. The van der Waals surface area contributed by atoms with Crippen molar-refractivity contribution < 1.29 is 13.9 Å². The molecule has 0 saturated heterocycles. The Hall–Kier alpha value is -1.74. The number of H-pyrrole nitrogens is 1.